The fourth-order valence-corrected chi connectivity index (χ4v) is 2.51. The molecule has 0 aromatic heterocycles. The minimum Gasteiger partial charge on any atom is -0.479 e. The smallest absolute Gasteiger partial charge is 0.335 e. The van der Waals surface area contributed by atoms with Crippen molar-refractivity contribution in [3.63, 3.8) is 0 Å². The molecule has 1 fully saturated rings. The van der Waals surface area contributed by atoms with Crippen LogP contribution in [0.4, 0.5) is 0 Å². The molecule has 0 radical (unpaired) electrons. The van der Waals surface area contributed by atoms with Crippen LogP contribution in [0, 0.1) is 0 Å². The van der Waals surface area contributed by atoms with Crippen molar-refractivity contribution in [1.82, 2.24) is 4.90 Å². The Labute approximate surface area is 122 Å². The second-order valence-electron chi connectivity index (χ2n) is 4.65. The standard InChI is InChI=1S/C14H16ClNO4/c1-2-7-16-11(17)8-20-13(14(18)19)12(16)9-3-5-10(15)6-4-9/h3-6,12-13H,2,7-8H2,1H3,(H,18,19). The summed E-state index contributed by atoms with van der Waals surface area (Å²) < 4.78 is 5.20. The van der Waals surface area contributed by atoms with E-state index in [0.717, 1.165) is 6.42 Å². The van der Waals surface area contributed by atoms with Gasteiger partial charge >= 0.3 is 5.97 Å². The number of benzene rings is 1. The van der Waals surface area contributed by atoms with Crippen LogP contribution < -0.4 is 0 Å². The summed E-state index contributed by atoms with van der Waals surface area (Å²) in [7, 11) is 0. The van der Waals surface area contributed by atoms with E-state index < -0.39 is 18.1 Å². The Morgan fingerprint density at radius 1 is 1.45 bits per heavy atom. The summed E-state index contributed by atoms with van der Waals surface area (Å²) in [4.78, 5) is 24.9. The summed E-state index contributed by atoms with van der Waals surface area (Å²) in [6.07, 6.45) is -0.303. The lowest BCUT2D eigenvalue weighted by molar-refractivity contribution is -0.173. The lowest BCUT2D eigenvalue weighted by atomic mass is 9.97. The normalized spacial score (nSPS) is 22.9. The maximum absolute atomic E-state index is 12.0. The second-order valence-corrected chi connectivity index (χ2v) is 5.09. The van der Waals surface area contributed by atoms with Crippen LogP contribution >= 0.6 is 11.6 Å². The third-order valence-corrected chi connectivity index (χ3v) is 3.50. The molecule has 108 valence electrons. The molecule has 1 aromatic carbocycles. The number of nitrogens with zero attached hydrogens (tertiary/aromatic N) is 1. The SMILES string of the molecule is CCCN1C(=O)COC(C(=O)O)C1c1ccc(Cl)cc1. The van der Waals surface area contributed by atoms with Crippen molar-refractivity contribution >= 4 is 23.5 Å². The van der Waals surface area contributed by atoms with Gasteiger partial charge in [0.1, 0.15) is 6.61 Å². The van der Waals surface area contributed by atoms with Gasteiger partial charge in [0, 0.05) is 11.6 Å². The molecule has 6 heteroatoms. The van der Waals surface area contributed by atoms with Gasteiger partial charge in [-0.05, 0) is 24.1 Å². The molecule has 0 saturated carbocycles. The third-order valence-electron chi connectivity index (χ3n) is 3.25. The number of hydrogen-bond donors (Lipinski definition) is 1. The van der Waals surface area contributed by atoms with E-state index in [-0.39, 0.29) is 12.5 Å². The summed E-state index contributed by atoms with van der Waals surface area (Å²) in [5.41, 5.74) is 0.711. The molecular formula is C14H16ClNO4. The van der Waals surface area contributed by atoms with Gasteiger partial charge in [-0.1, -0.05) is 30.7 Å². The fraction of sp³-hybridized carbons (Fsp3) is 0.429. The minimum atomic E-state index is -1.07. The van der Waals surface area contributed by atoms with E-state index in [0.29, 0.717) is 17.1 Å². The van der Waals surface area contributed by atoms with E-state index in [1.807, 2.05) is 6.92 Å². The van der Waals surface area contributed by atoms with Crippen molar-refractivity contribution in [1.29, 1.82) is 0 Å². The lowest BCUT2D eigenvalue weighted by Gasteiger charge is -2.39. The first kappa shape index (κ1) is 14.8. The highest BCUT2D eigenvalue weighted by atomic mass is 35.5. The molecule has 2 atom stereocenters. The molecule has 5 nitrogen and oxygen atoms in total. The number of halogens is 1. The van der Waals surface area contributed by atoms with Crippen LogP contribution in [-0.4, -0.2) is 41.1 Å². The molecular weight excluding hydrogens is 282 g/mol. The van der Waals surface area contributed by atoms with Gasteiger partial charge < -0.3 is 14.7 Å². The van der Waals surface area contributed by atoms with Crippen molar-refractivity contribution in [3.8, 4) is 0 Å². The molecule has 2 rings (SSSR count). The predicted molar refractivity (Wildman–Crippen MR) is 73.6 cm³/mol. The first-order valence-corrected chi connectivity index (χ1v) is 6.81. The van der Waals surface area contributed by atoms with Crippen LogP contribution in [0.1, 0.15) is 24.9 Å². The van der Waals surface area contributed by atoms with E-state index in [1.165, 1.54) is 0 Å². The molecule has 1 N–H and O–H groups in total. The van der Waals surface area contributed by atoms with Crippen LogP contribution in [-0.2, 0) is 14.3 Å². The van der Waals surface area contributed by atoms with Crippen LogP contribution in [0.25, 0.3) is 0 Å². The molecule has 1 aromatic rings. The lowest BCUT2D eigenvalue weighted by Crippen LogP contribution is -2.52. The van der Waals surface area contributed by atoms with Gasteiger partial charge in [-0.2, -0.15) is 0 Å². The van der Waals surface area contributed by atoms with Crippen LogP contribution in [0.3, 0.4) is 0 Å². The number of amides is 1. The third kappa shape index (κ3) is 2.94. The molecule has 1 aliphatic heterocycles. The highest BCUT2D eigenvalue weighted by molar-refractivity contribution is 6.30. The van der Waals surface area contributed by atoms with Gasteiger partial charge in [0.05, 0.1) is 6.04 Å². The molecule has 2 unspecified atom stereocenters. The molecule has 1 amide bonds. The maximum Gasteiger partial charge on any atom is 0.335 e. The Hall–Kier alpha value is -1.59. The van der Waals surface area contributed by atoms with E-state index >= 15 is 0 Å². The van der Waals surface area contributed by atoms with E-state index in [4.69, 9.17) is 16.3 Å². The van der Waals surface area contributed by atoms with Gasteiger partial charge in [0.15, 0.2) is 6.10 Å². The summed E-state index contributed by atoms with van der Waals surface area (Å²) in [6, 6.07) is 6.20. The van der Waals surface area contributed by atoms with E-state index in [1.54, 1.807) is 29.2 Å². The van der Waals surface area contributed by atoms with Gasteiger partial charge in [-0.3, -0.25) is 4.79 Å². The zero-order valence-corrected chi connectivity index (χ0v) is 11.8. The molecule has 0 bridgehead atoms. The molecule has 1 heterocycles. The van der Waals surface area contributed by atoms with Gasteiger partial charge in [-0.15, -0.1) is 0 Å². The van der Waals surface area contributed by atoms with Crippen molar-refractivity contribution in [2.45, 2.75) is 25.5 Å². The Kier molecular flexibility index (Phi) is 4.62. The number of aliphatic carboxylic acids is 1. The summed E-state index contributed by atoms with van der Waals surface area (Å²) in [6.45, 7) is 2.25. The predicted octanol–water partition coefficient (Wildman–Crippen LogP) is 2.10. The van der Waals surface area contributed by atoms with Crippen LogP contribution in [0.5, 0.6) is 0 Å². The largest absolute Gasteiger partial charge is 0.479 e. The van der Waals surface area contributed by atoms with Crippen LogP contribution in [0.2, 0.25) is 5.02 Å². The fourth-order valence-electron chi connectivity index (χ4n) is 2.38. The number of ether oxygens (including phenoxy) is 1. The quantitative estimate of drug-likeness (QED) is 0.924. The number of rotatable bonds is 4. The number of carbonyl (C=O) groups excluding carboxylic acids is 1. The molecule has 20 heavy (non-hydrogen) atoms. The van der Waals surface area contributed by atoms with Crippen molar-refractivity contribution in [2.24, 2.45) is 0 Å². The average molecular weight is 298 g/mol. The van der Waals surface area contributed by atoms with Gasteiger partial charge in [0.2, 0.25) is 5.91 Å². The Morgan fingerprint density at radius 3 is 2.65 bits per heavy atom. The second kappa shape index (κ2) is 6.24. The molecule has 0 spiro atoms. The number of carbonyl (C=O) groups is 2. The Balaban J connectivity index is 2.39. The Bertz CT molecular complexity index is 502. The average Bonchev–Trinajstić information content (AvgIpc) is 2.42. The molecule has 0 aliphatic carbocycles. The topological polar surface area (TPSA) is 66.8 Å². The van der Waals surface area contributed by atoms with Crippen LogP contribution in [0.15, 0.2) is 24.3 Å². The van der Waals surface area contributed by atoms with Crippen molar-refractivity contribution in [2.75, 3.05) is 13.2 Å². The molecule has 1 aliphatic rings. The highest BCUT2D eigenvalue weighted by Crippen LogP contribution is 2.31. The zero-order chi connectivity index (χ0) is 14.7. The van der Waals surface area contributed by atoms with Crippen molar-refractivity contribution in [3.05, 3.63) is 34.9 Å². The number of carboxylic acids is 1. The number of morpholine rings is 1. The van der Waals surface area contributed by atoms with E-state index in [9.17, 15) is 14.7 Å². The monoisotopic (exact) mass is 297 g/mol. The maximum atomic E-state index is 12.0. The zero-order valence-electron chi connectivity index (χ0n) is 11.1. The Morgan fingerprint density at radius 2 is 2.10 bits per heavy atom. The number of hydrogen-bond acceptors (Lipinski definition) is 3. The van der Waals surface area contributed by atoms with Gasteiger partial charge in [-0.25, -0.2) is 4.79 Å². The number of carboxylic acid groups (broad SMARTS) is 1. The van der Waals surface area contributed by atoms with E-state index in [2.05, 4.69) is 0 Å². The minimum absolute atomic E-state index is 0.190. The van der Waals surface area contributed by atoms with Crippen molar-refractivity contribution < 1.29 is 19.4 Å². The highest BCUT2D eigenvalue weighted by Gasteiger charge is 2.41. The first-order valence-electron chi connectivity index (χ1n) is 6.44. The summed E-state index contributed by atoms with van der Waals surface area (Å²) in [5, 5.41) is 9.87. The summed E-state index contributed by atoms with van der Waals surface area (Å²) >= 11 is 5.85. The first-order chi connectivity index (χ1) is 9.54. The molecule has 1 saturated heterocycles. The summed E-state index contributed by atoms with van der Waals surface area (Å²) in [5.74, 6) is -1.26. The van der Waals surface area contributed by atoms with Gasteiger partial charge in [0.25, 0.3) is 0 Å².